The zero-order valence-corrected chi connectivity index (χ0v) is 5.80. The number of aliphatic carboxylic acids is 1. The smallest absolute Gasteiger partial charge is 0.404 e. The first kappa shape index (κ1) is 8.57. The molecule has 0 spiro atoms. The van der Waals surface area contributed by atoms with Crippen LogP contribution in [0.15, 0.2) is 0 Å². The zero-order chi connectivity index (χ0) is 7.65. The topological polar surface area (TPSA) is 80.4 Å². The van der Waals surface area contributed by atoms with Crippen molar-refractivity contribution in [2.45, 2.75) is 4.20 Å². The molecule has 0 rings (SSSR count). The third-order valence-electron chi connectivity index (χ3n) is 0.542. The summed E-state index contributed by atoms with van der Waals surface area (Å²) in [4.78, 5) is 18.5. The summed E-state index contributed by atoms with van der Waals surface area (Å²) in [5.41, 5.74) is 0. The Bertz CT molecular complexity index is 139. The predicted molar refractivity (Wildman–Crippen MR) is 35.3 cm³/mol. The lowest BCUT2D eigenvalue weighted by Crippen LogP contribution is -2.34. The summed E-state index contributed by atoms with van der Waals surface area (Å²) in [5.74, 6) is -1.70. The van der Waals surface area contributed by atoms with Crippen molar-refractivity contribution in [3.8, 4) is 0 Å². The van der Waals surface area contributed by atoms with E-state index in [2.05, 4.69) is 25.3 Å². The third kappa shape index (κ3) is 1.75. The maximum Gasteiger partial charge on any atom is 0.404 e. The molecule has 0 atom stereocenters. The van der Waals surface area contributed by atoms with Crippen molar-refractivity contribution < 1.29 is 14.8 Å². The van der Waals surface area contributed by atoms with Gasteiger partial charge in [-0.2, -0.15) is 0 Å². The highest BCUT2D eigenvalue weighted by Gasteiger charge is 2.43. The molecule has 0 aromatic heterocycles. The van der Waals surface area contributed by atoms with Gasteiger partial charge in [0.1, 0.15) is 0 Å². The van der Waals surface area contributed by atoms with Crippen molar-refractivity contribution in [3.63, 3.8) is 0 Å². The molecule has 0 fully saturated rings. The maximum atomic E-state index is 9.87. The van der Waals surface area contributed by atoms with E-state index in [-0.39, 0.29) is 0 Å². The van der Waals surface area contributed by atoms with Gasteiger partial charge in [0, 0.05) is 0 Å². The minimum Gasteiger partial charge on any atom is -0.475 e. The van der Waals surface area contributed by atoms with Gasteiger partial charge in [0.25, 0.3) is 0 Å². The van der Waals surface area contributed by atoms with Crippen LogP contribution in [-0.2, 0) is 4.79 Å². The molecule has 0 unspecified atom stereocenters. The van der Waals surface area contributed by atoms with E-state index in [4.69, 9.17) is 5.11 Å². The van der Waals surface area contributed by atoms with Gasteiger partial charge in [-0.25, -0.2) is 4.79 Å². The molecule has 0 aliphatic rings. The average Bonchev–Trinajstić information content (AvgIpc) is 1.65. The Balaban J connectivity index is 4.38. The molecule has 1 N–H and O–H groups in total. The van der Waals surface area contributed by atoms with E-state index in [1.54, 1.807) is 0 Å². The molecule has 0 bridgehead atoms. The van der Waals surface area contributed by atoms with Crippen molar-refractivity contribution in [1.82, 2.24) is 0 Å². The molecule has 0 heterocycles. The fourth-order valence-electron chi connectivity index (χ4n) is 0.0781. The molecule has 0 saturated carbocycles. The van der Waals surface area contributed by atoms with Gasteiger partial charge in [0.15, 0.2) is 0 Å². The molecule has 5 nitrogen and oxygen atoms in total. The number of carbonyl (C=O) groups is 1. The van der Waals surface area contributed by atoms with Crippen LogP contribution in [-0.4, -0.2) is 20.2 Å². The molecular formula is C2H3NO4S2. The summed E-state index contributed by atoms with van der Waals surface area (Å²) in [6.45, 7) is 0. The first-order valence-corrected chi connectivity index (χ1v) is 2.61. The number of thiol groups is 2. The molecule has 0 radical (unpaired) electrons. The second-order valence-corrected chi connectivity index (χ2v) is 2.84. The minimum atomic E-state index is -2.47. The Hall–Kier alpha value is -0.430. The monoisotopic (exact) mass is 169 g/mol. The van der Waals surface area contributed by atoms with E-state index in [1.165, 1.54) is 0 Å². The minimum absolute atomic E-state index is 1.11. The van der Waals surface area contributed by atoms with Crippen molar-refractivity contribution in [2.24, 2.45) is 0 Å². The van der Waals surface area contributed by atoms with Gasteiger partial charge in [-0.1, -0.05) is 25.3 Å². The first-order valence-electron chi connectivity index (χ1n) is 1.71. The molecule has 7 heteroatoms. The number of nitrogens with zero attached hydrogens (tertiary/aromatic N) is 1. The van der Waals surface area contributed by atoms with E-state index >= 15 is 0 Å². The van der Waals surface area contributed by atoms with Crippen molar-refractivity contribution in [1.29, 1.82) is 0 Å². The fourth-order valence-corrected chi connectivity index (χ4v) is 0.0781. The van der Waals surface area contributed by atoms with Crippen LogP contribution in [0, 0.1) is 10.1 Å². The van der Waals surface area contributed by atoms with Crippen LogP contribution in [0.25, 0.3) is 0 Å². The van der Waals surface area contributed by atoms with Crippen molar-refractivity contribution in [3.05, 3.63) is 10.1 Å². The van der Waals surface area contributed by atoms with Gasteiger partial charge in [0.05, 0.1) is 4.92 Å². The number of nitro groups is 1. The number of carboxylic acid groups (broad SMARTS) is 1. The summed E-state index contributed by atoms with van der Waals surface area (Å²) >= 11 is 6.28. The second kappa shape index (κ2) is 2.44. The van der Waals surface area contributed by atoms with Crippen LogP contribution >= 0.6 is 25.3 Å². The van der Waals surface area contributed by atoms with E-state index in [0.717, 1.165) is 0 Å². The van der Waals surface area contributed by atoms with E-state index in [1.807, 2.05) is 0 Å². The molecule has 9 heavy (non-hydrogen) atoms. The van der Waals surface area contributed by atoms with Gasteiger partial charge in [-0.3, -0.25) is 10.1 Å². The second-order valence-electron chi connectivity index (χ2n) is 1.20. The van der Waals surface area contributed by atoms with Crippen LogP contribution in [0.5, 0.6) is 0 Å². The molecule has 0 saturated heterocycles. The molecule has 52 valence electrons. The highest BCUT2D eigenvalue weighted by molar-refractivity contribution is 8.01. The van der Waals surface area contributed by atoms with Crippen LogP contribution < -0.4 is 0 Å². The summed E-state index contributed by atoms with van der Waals surface area (Å²) in [6, 6.07) is 0. The third-order valence-corrected chi connectivity index (χ3v) is 1.25. The lowest BCUT2D eigenvalue weighted by Gasteiger charge is -2.05. The SMILES string of the molecule is O=C(O)C(S)(S)[N+](=O)[O-]. The highest BCUT2D eigenvalue weighted by Crippen LogP contribution is 2.19. The molecule has 0 aliphatic heterocycles. The standard InChI is InChI=1S/C2H3NO4S2/c4-1(5)2(8,9)3(6)7/h8-9H,(H,4,5). The van der Waals surface area contributed by atoms with Gasteiger partial charge in [-0.05, 0) is 0 Å². The summed E-state index contributed by atoms with van der Waals surface area (Å²) in [6.07, 6.45) is 0. The molecule has 0 aromatic rings. The maximum absolute atomic E-state index is 9.87. The Morgan fingerprint density at radius 3 is 2.00 bits per heavy atom. The number of carboxylic acids is 1. The Morgan fingerprint density at radius 2 is 2.00 bits per heavy atom. The molecule has 0 aromatic carbocycles. The Kier molecular flexibility index (Phi) is 2.32. The fraction of sp³-hybridized carbons (Fsp3) is 0.500. The number of rotatable bonds is 2. The van der Waals surface area contributed by atoms with E-state index in [9.17, 15) is 14.9 Å². The summed E-state index contributed by atoms with van der Waals surface area (Å²) < 4.78 is -2.47. The highest BCUT2D eigenvalue weighted by atomic mass is 32.2. The predicted octanol–water partition coefficient (Wildman–Crippen LogP) is -0.139. The number of hydrogen-bond donors (Lipinski definition) is 3. The quantitative estimate of drug-likeness (QED) is 0.232. The Morgan fingerprint density at radius 1 is 1.67 bits per heavy atom. The molecule has 0 aliphatic carbocycles. The zero-order valence-electron chi connectivity index (χ0n) is 4.01. The normalized spacial score (nSPS) is 10.9. The number of hydrogen-bond acceptors (Lipinski definition) is 5. The van der Waals surface area contributed by atoms with Crippen LogP contribution in [0.1, 0.15) is 0 Å². The van der Waals surface area contributed by atoms with Gasteiger partial charge < -0.3 is 5.11 Å². The van der Waals surface area contributed by atoms with E-state index in [0.29, 0.717) is 0 Å². The lowest BCUT2D eigenvalue weighted by molar-refractivity contribution is -0.496. The first-order chi connectivity index (χ1) is 3.89. The van der Waals surface area contributed by atoms with Gasteiger partial charge in [0.2, 0.25) is 0 Å². The van der Waals surface area contributed by atoms with E-state index < -0.39 is 15.1 Å². The van der Waals surface area contributed by atoms with Crippen LogP contribution in [0.4, 0.5) is 0 Å². The lowest BCUT2D eigenvalue weighted by atomic mass is 10.7. The summed E-state index contributed by atoms with van der Waals surface area (Å²) in [5, 5.41) is 17.8. The largest absolute Gasteiger partial charge is 0.475 e. The molecular weight excluding hydrogens is 166 g/mol. The van der Waals surface area contributed by atoms with Gasteiger partial charge in [-0.15, -0.1) is 0 Å². The summed E-state index contributed by atoms with van der Waals surface area (Å²) in [7, 11) is 0. The molecule has 0 amide bonds. The van der Waals surface area contributed by atoms with Crippen LogP contribution in [0.2, 0.25) is 0 Å². The Labute approximate surface area is 61.0 Å². The van der Waals surface area contributed by atoms with Crippen molar-refractivity contribution in [2.75, 3.05) is 0 Å². The average molecular weight is 169 g/mol. The van der Waals surface area contributed by atoms with Gasteiger partial charge >= 0.3 is 10.2 Å². The van der Waals surface area contributed by atoms with Crippen molar-refractivity contribution >= 4 is 31.2 Å². The van der Waals surface area contributed by atoms with Crippen LogP contribution in [0.3, 0.4) is 0 Å².